The number of hydrogen-bond acceptors (Lipinski definition) is 3. The van der Waals surface area contributed by atoms with E-state index in [1.807, 2.05) is 42.5 Å². The van der Waals surface area contributed by atoms with Gasteiger partial charge >= 0.3 is 0 Å². The average molecular weight is 438 g/mol. The van der Waals surface area contributed by atoms with Crippen LogP contribution >= 0.6 is 34.8 Å². The molecule has 0 bridgehead atoms. The Morgan fingerprint density at radius 2 is 1.91 bits per heavy atom. The highest BCUT2D eigenvalue weighted by atomic mass is 127. The molecule has 4 nitrogen and oxygen atoms in total. The molecule has 0 unspecified atom stereocenters. The van der Waals surface area contributed by atoms with Crippen LogP contribution in [0, 0.1) is 3.57 Å². The average Bonchev–Trinajstić information content (AvgIpc) is 2.54. The van der Waals surface area contributed by atoms with E-state index in [4.69, 9.17) is 17.0 Å². The van der Waals surface area contributed by atoms with E-state index < -0.39 is 0 Å². The fourth-order valence-corrected chi connectivity index (χ4v) is 2.61. The lowest BCUT2D eigenvalue weighted by Crippen LogP contribution is -2.34. The van der Waals surface area contributed by atoms with Crippen molar-refractivity contribution in [3.05, 3.63) is 70.3 Å². The van der Waals surface area contributed by atoms with E-state index in [0.717, 1.165) is 15.0 Å². The zero-order chi connectivity index (χ0) is 16.7. The number of thiocarbonyl (C=S) groups is 1. The van der Waals surface area contributed by atoms with Crippen molar-refractivity contribution in [1.82, 2.24) is 5.32 Å². The van der Waals surface area contributed by atoms with Crippen LogP contribution in [0.25, 0.3) is 0 Å². The predicted molar refractivity (Wildman–Crippen MR) is 105 cm³/mol. The Bertz CT molecular complexity index is 717. The summed E-state index contributed by atoms with van der Waals surface area (Å²) in [7, 11) is 0. The largest absolute Gasteiger partial charge is 0.490 e. The van der Waals surface area contributed by atoms with Gasteiger partial charge < -0.3 is 10.1 Å². The summed E-state index contributed by atoms with van der Waals surface area (Å²) >= 11 is 7.28. The Morgan fingerprint density at radius 1 is 1.22 bits per heavy atom. The van der Waals surface area contributed by atoms with Crippen molar-refractivity contribution in [1.29, 1.82) is 0 Å². The van der Waals surface area contributed by atoms with Gasteiger partial charge in [0.2, 0.25) is 0 Å². The number of carbonyl (C=O) groups is 1. The number of anilines is 1. The van der Waals surface area contributed by atoms with Crippen molar-refractivity contribution in [3.63, 3.8) is 0 Å². The normalized spacial score (nSPS) is 9.78. The van der Waals surface area contributed by atoms with Gasteiger partial charge in [0.1, 0.15) is 12.4 Å². The quantitative estimate of drug-likeness (QED) is 0.421. The molecule has 2 aromatic rings. The first kappa shape index (κ1) is 17.4. The van der Waals surface area contributed by atoms with Crippen molar-refractivity contribution in [2.45, 2.75) is 0 Å². The maximum atomic E-state index is 12.2. The van der Waals surface area contributed by atoms with Gasteiger partial charge in [-0.15, -0.1) is 0 Å². The minimum atomic E-state index is -0.238. The molecule has 1 amide bonds. The lowest BCUT2D eigenvalue weighted by Gasteiger charge is -2.11. The molecule has 0 atom stereocenters. The first-order chi connectivity index (χ1) is 11.1. The second-order valence-electron chi connectivity index (χ2n) is 4.51. The van der Waals surface area contributed by atoms with Crippen molar-refractivity contribution in [2.24, 2.45) is 0 Å². The van der Waals surface area contributed by atoms with E-state index >= 15 is 0 Å². The molecule has 0 aliphatic heterocycles. The van der Waals surface area contributed by atoms with Gasteiger partial charge in [0, 0.05) is 9.26 Å². The molecule has 0 aliphatic carbocycles. The van der Waals surface area contributed by atoms with Crippen LogP contribution in [0.15, 0.2) is 61.2 Å². The highest BCUT2D eigenvalue weighted by Gasteiger charge is 2.10. The lowest BCUT2D eigenvalue weighted by molar-refractivity contribution is 0.0977. The third kappa shape index (κ3) is 5.33. The number of amides is 1. The summed E-state index contributed by atoms with van der Waals surface area (Å²) in [6.45, 7) is 4.05. The summed E-state index contributed by atoms with van der Waals surface area (Å²) in [5.41, 5.74) is 1.36. The Kier molecular flexibility index (Phi) is 6.54. The zero-order valence-electron chi connectivity index (χ0n) is 12.2. The summed E-state index contributed by atoms with van der Waals surface area (Å²) < 4.78 is 6.27. The van der Waals surface area contributed by atoms with Crippen LogP contribution in [-0.4, -0.2) is 17.6 Å². The zero-order valence-corrected chi connectivity index (χ0v) is 15.2. The number of ether oxygens (including phenoxy) is 1. The van der Waals surface area contributed by atoms with Crippen LogP contribution in [0.1, 0.15) is 10.4 Å². The first-order valence-electron chi connectivity index (χ1n) is 6.81. The van der Waals surface area contributed by atoms with Crippen LogP contribution in [0.2, 0.25) is 0 Å². The molecule has 23 heavy (non-hydrogen) atoms. The van der Waals surface area contributed by atoms with E-state index in [2.05, 4.69) is 39.8 Å². The molecule has 0 fully saturated rings. The Labute approximate surface area is 154 Å². The number of rotatable bonds is 5. The third-order valence-electron chi connectivity index (χ3n) is 2.83. The highest BCUT2D eigenvalue weighted by Crippen LogP contribution is 2.16. The van der Waals surface area contributed by atoms with Crippen molar-refractivity contribution in [2.75, 3.05) is 11.9 Å². The molecule has 0 spiro atoms. The number of hydrogen-bond donors (Lipinski definition) is 2. The summed E-state index contributed by atoms with van der Waals surface area (Å²) in [6, 6.07) is 14.6. The molecule has 0 saturated heterocycles. The first-order valence-corrected chi connectivity index (χ1v) is 8.29. The molecule has 0 heterocycles. The van der Waals surface area contributed by atoms with Gasteiger partial charge in [-0.25, -0.2) is 0 Å². The van der Waals surface area contributed by atoms with Gasteiger partial charge in [0.05, 0.1) is 5.56 Å². The Hall–Kier alpha value is -1.93. The van der Waals surface area contributed by atoms with E-state index in [1.165, 1.54) is 0 Å². The molecule has 2 N–H and O–H groups in total. The van der Waals surface area contributed by atoms with Gasteiger partial charge in [-0.05, 0) is 71.2 Å². The van der Waals surface area contributed by atoms with Crippen molar-refractivity contribution in [3.8, 4) is 5.75 Å². The second-order valence-corrected chi connectivity index (χ2v) is 6.08. The van der Waals surface area contributed by atoms with E-state index in [-0.39, 0.29) is 11.0 Å². The van der Waals surface area contributed by atoms with Gasteiger partial charge in [-0.2, -0.15) is 0 Å². The fourth-order valence-electron chi connectivity index (χ4n) is 1.77. The summed E-state index contributed by atoms with van der Waals surface area (Å²) in [4.78, 5) is 12.2. The Balaban J connectivity index is 1.93. The summed E-state index contributed by atoms with van der Waals surface area (Å²) in [6.07, 6.45) is 1.68. The number of carbonyl (C=O) groups excluding carboxylic acids is 1. The second kappa shape index (κ2) is 8.64. The van der Waals surface area contributed by atoms with Crippen molar-refractivity contribution < 1.29 is 9.53 Å². The van der Waals surface area contributed by atoms with Crippen LogP contribution in [0.3, 0.4) is 0 Å². The van der Waals surface area contributed by atoms with Gasteiger partial charge in [0.15, 0.2) is 5.11 Å². The maximum Gasteiger partial charge on any atom is 0.258 e. The number of nitrogens with one attached hydrogen (secondary N) is 2. The number of halogens is 1. The monoisotopic (exact) mass is 438 g/mol. The van der Waals surface area contributed by atoms with Gasteiger partial charge in [-0.3, -0.25) is 10.1 Å². The van der Waals surface area contributed by atoms with Gasteiger partial charge in [-0.1, -0.05) is 24.8 Å². The molecular formula is C17H15IN2O2S. The lowest BCUT2D eigenvalue weighted by atomic mass is 10.2. The maximum absolute atomic E-state index is 12.2. The molecule has 2 aromatic carbocycles. The van der Waals surface area contributed by atoms with Crippen LogP contribution in [0.5, 0.6) is 5.75 Å². The van der Waals surface area contributed by atoms with E-state index in [0.29, 0.717) is 12.2 Å². The highest BCUT2D eigenvalue weighted by molar-refractivity contribution is 14.1. The fraction of sp³-hybridized carbons (Fsp3) is 0.0588. The summed E-state index contributed by atoms with van der Waals surface area (Å²) in [5, 5.41) is 5.88. The number of benzene rings is 2. The minimum absolute atomic E-state index is 0.238. The molecule has 0 aliphatic rings. The Morgan fingerprint density at radius 3 is 2.57 bits per heavy atom. The molecule has 118 valence electrons. The molecule has 0 saturated carbocycles. The SMILES string of the molecule is C=CCOc1ccc(NC(=S)NC(=O)c2ccccc2I)cc1. The van der Waals surface area contributed by atoms with Crippen LogP contribution in [-0.2, 0) is 0 Å². The topological polar surface area (TPSA) is 50.4 Å². The standard InChI is InChI=1S/C17H15IN2O2S/c1-2-11-22-13-9-7-12(8-10-13)19-17(23)20-16(21)14-5-3-4-6-15(14)18/h2-10H,1,11H2,(H2,19,20,21,23). The van der Waals surface area contributed by atoms with Crippen LogP contribution < -0.4 is 15.4 Å². The molecule has 6 heteroatoms. The molecule has 0 aromatic heterocycles. The molecule has 0 radical (unpaired) electrons. The van der Waals surface area contributed by atoms with Gasteiger partial charge in [0.25, 0.3) is 5.91 Å². The van der Waals surface area contributed by atoms with E-state index in [9.17, 15) is 4.79 Å². The van der Waals surface area contributed by atoms with E-state index in [1.54, 1.807) is 12.1 Å². The minimum Gasteiger partial charge on any atom is -0.490 e. The third-order valence-corrected chi connectivity index (χ3v) is 3.97. The smallest absolute Gasteiger partial charge is 0.258 e. The molecular weight excluding hydrogens is 423 g/mol. The van der Waals surface area contributed by atoms with Crippen LogP contribution in [0.4, 0.5) is 5.69 Å². The molecule has 2 rings (SSSR count). The predicted octanol–water partition coefficient (Wildman–Crippen LogP) is 3.98. The van der Waals surface area contributed by atoms with Crippen molar-refractivity contribution >= 4 is 51.5 Å². The summed E-state index contributed by atoms with van der Waals surface area (Å²) in [5.74, 6) is 0.502.